The quantitative estimate of drug-likeness (QED) is 0.478. The third-order valence-corrected chi connectivity index (χ3v) is 7.38. The summed E-state index contributed by atoms with van der Waals surface area (Å²) in [6, 6.07) is 13.2. The fourth-order valence-corrected chi connectivity index (χ4v) is 5.28. The number of allylic oxidation sites excluding steroid dienone is 2. The van der Waals surface area contributed by atoms with Gasteiger partial charge < -0.3 is 14.2 Å². The number of nitrogens with zero attached hydrogens (tertiary/aromatic N) is 1. The lowest BCUT2D eigenvalue weighted by molar-refractivity contribution is -0.151. The number of carbonyl (C=O) groups excluding carboxylic acids is 2. The van der Waals surface area contributed by atoms with Crippen LogP contribution in [0.2, 0.25) is 5.02 Å². The summed E-state index contributed by atoms with van der Waals surface area (Å²) in [5.74, 6) is -0.252. The lowest BCUT2D eigenvalue weighted by Crippen LogP contribution is -2.39. The van der Waals surface area contributed by atoms with Gasteiger partial charge >= 0.3 is 5.97 Å². The van der Waals surface area contributed by atoms with Crippen LogP contribution in [-0.2, 0) is 14.3 Å². The van der Waals surface area contributed by atoms with Crippen molar-refractivity contribution < 1.29 is 23.8 Å². The zero-order valence-electron chi connectivity index (χ0n) is 20.0. The Hall–Kier alpha value is -3.12. The van der Waals surface area contributed by atoms with Gasteiger partial charge in [0.05, 0.1) is 6.10 Å². The molecule has 5 rings (SSSR count). The second-order valence-corrected chi connectivity index (χ2v) is 9.85. The SMILES string of the molecule is CC[C@H](C)OC(=O)C1C(C)=NC2=C(C(=O)C[C@H](c3ccc(Cl)cc3)C2)[C@@H]1c1ccc2c(c1)OCO2. The van der Waals surface area contributed by atoms with E-state index in [4.69, 9.17) is 30.8 Å². The third-order valence-electron chi connectivity index (χ3n) is 7.13. The van der Waals surface area contributed by atoms with E-state index in [9.17, 15) is 9.59 Å². The highest BCUT2D eigenvalue weighted by molar-refractivity contribution is 6.30. The molecule has 0 fully saturated rings. The molecular formula is C28H28ClNO5. The van der Waals surface area contributed by atoms with E-state index in [-0.39, 0.29) is 30.6 Å². The van der Waals surface area contributed by atoms with E-state index in [1.807, 2.05) is 63.2 Å². The maximum absolute atomic E-state index is 13.7. The minimum atomic E-state index is -0.681. The van der Waals surface area contributed by atoms with E-state index in [2.05, 4.69) is 0 Å². The van der Waals surface area contributed by atoms with Crippen molar-refractivity contribution in [1.29, 1.82) is 0 Å². The number of ketones is 1. The number of benzene rings is 2. The fraction of sp³-hybridized carbons (Fsp3) is 0.393. The van der Waals surface area contributed by atoms with Gasteiger partial charge in [0, 0.05) is 34.3 Å². The van der Waals surface area contributed by atoms with Gasteiger partial charge in [0.15, 0.2) is 17.3 Å². The Bertz CT molecular complexity index is 1230. The van der Waals surface area contributed by atoms with Crippen molar-refractivity contribution >= 4 is 29.1 Å². The molecule has 35 heavy (non-hydrogen) atoms. The first kappa shape index (κ1) is 23.6. The molecule has 0 N–H and O–H groups in total. The van der Waals surface area contributed by atoms with E-state index in [0.29, 0.717) is 47.1 Å². The van der Waals surface area contributed by atoms with Gasteiger partial charge in [-0.2, -0.15) is 0 Å². The molecule has 4 atom stereocenters. The first-order chi connectivity index (χ1) is 16.9. The Morgan fingerprint density at radius 2 is 1.83 bits per heavy atom. The number of Topliss-reactive ketones (excluding diaryl/α,β-unsaturated/α-hetero) is 1. The second-order valence-electron chi connectivity index (χ2n) is 9.42. The van der Waals surface area contributed by atoms with Crippen molar-refractivity contribution in [3.05, 3.63) is 69.9 Å². The number of esters is 1. The Morgan fingerprint density at radius 1 is 1.11 bits per heavy atom. The van der Waals surface area contributed by atoms with E-state index >= 15 is 0 Å². The van der Waals surface area contributed by atoms with Gasteiger partial charge in [-0.15, -0.1) is 0 Å². The summed E-state index contributed by atoms with van der Waals surface area (Å²) in [4.78, 5) is 31.9. The molecule has 2 aromatic carbocycles. The Kier molecular flexibility index (Phi) is 6.41. The molecule has 0 saturated carbocycles. The van der Waals surface area contributed by atoms with Gasteiger partial charge in [0.2, 0.25) is 6.79 Å². The van der Waals surface area contributed by atoms with Crippen LogP contribution in [0.15, 0.2) is 58.7 Å². The standard InChI is InChI=1S/C28H28ClNO5/c1-4-15(2)35-28(32)25-16(3)30-21-11-19(17-5-8-20(29)9-6-17)12-22(31)27(21)26(25)18-7-10-23-24(13-18)34-14-33-23/h5-10,13,15,19,25-26H,4,11-12,14H2,1-3H3/t15-,19+,25?,26+/m0/s1. The number of hydrogen-bond donors (Lipinski definition) is 0. The van der Waals surface area contributed by atoms with Crippen LogP contribution >= 0.6 is 11.6 Å². The third kappa shape index (κ3) is 4.47. The van der Waals surface area contributed by atoms with Crippen molar-refractivity contribution in [2.75, 3.05) is 6.79 Å². The summed E-state index contributed by atoms with van der Waals surface area (Å²) in [5.41, 5.74) is 3.88. The van der Waals surface area contributed by atoms with Crippen LogP contribution < -0.4 is 9.47 Å². The van der Waals surface area contributed by atoms with Crippen molar-refractivity contribution in [2.24, 2.45) is 10.9 Å². The van der Waals surface area contributed by atoms with Crippen LogP contribution in [0.1, 0.15) is 63.0 Å². The highest BCUT2D eigenvalue weighted by Gasteiger charge is 2.45. The number of halogens is 1. The topological polar surface area (TPSA) is 74.2 Å². The molecule has 182 valence electrons. The molecule has 1 aliphatic carbocycles. The summed E-state index contributed by atoms with van der Waals surface area (Å²) in [5, 5.41) is 0.660. The Balaban J connectivity index is 1.57. The van der Waals surface area contributed by atoms with Crippen LogP contribution in [0.4, 0.5) is 0 Å². The predicted molar refractivity (Wildman–Crippen MR) is 133 cm³/mol. The van der Waals surface area contributed by atoms with Crippen molar-refractivity contribution in [3.63, 3.8) is 0 Å². The fourth-order valence-electron chi connectivity index (χ4n) is 5.16. The molecule has 3 aliphatic rings. The summed E-state index contributed by atoms with van der Waals surface area (Å²) < 4.78 is 16.8. The van der Waals surface area contributed by atoms with Crippen molar-refractivity contribution in [1.82, 2.24) is 0 Å². The van der Waals surface area contributed by atoms with Gasteiger partial charge in [0.25, 0.3) is 0 Å². The number of rotatable bonds is 5. The van der Waals surface area contributed by atoms with Crippen LogP contribution in [-0.4, -0.2) is 30.4 Å². The summed E-state index contributed by atoms with van der Waals surface area (Å²) >= 11 is 6.07. The smallest absolute Gasteiger partial charge is 0.315 e. The van der Waals surface area contributed by atoms with Crippen LogP contribution in [0.5, 0.6) is 11.5 Å². The summed E-state index contributed by atoms with van der Waals surface area (Å²) in [6.07, 6.45) is 1.45. The van der Waals surface area contributed by atoms with Gasteiger partial charge in [-0.1, -0.05) is 36.7 Å². The molecule has 2 aliphatic heterocycles. The maximum atomic E-state index is 13.7. The van der Waals surface area contributed by atoms with E-state index in [0.717, 1.165) is 16.8 Å². The number of aliphatic imine (C=N–C) groups is 1. The molecule has 0 spiro atoms. The minimum absolute atomic E-state index is 0.00598. The van der Waals surface area contributed by atoms with Gasteiger partial charge in [-0.25, -0.2) is 0 Å². The Labute approximate surface area is 209 Å². The van der Waals surface area contributed by atoms with Crippen molar-refractivity contribution in [2.45, 2.75) is 58.0 Å². The van der Waals surface area contributed by atoms with E-state index in [1.54, 1.807) is 0 Å². The largest absolute Gasteiger partial charge is 0.462 e. The predicted octanol–water partition coefficient (Wildman–Crippen LogP) is 5.99. The lowest BCUT2D eigenvalue weighted by Gasteiger charge is -2.37. The molecule has 0 aromatic heterocycles. The lowest BCUT2D eigenvalue weighted by atomic mass is 9.69. The molecule has 7 heteroatoms. The molecule has 1 unspecified atom stereocenters. The molecule has 0 bridgehead atoms. The number of carbonyl (C=O) groups is 2. The zero-order valence-corrected chi connectivity index (χ0v) is 20.8. The average Bonchev–Trinajstić information content (AvgIpc) is 3.31. The van der Waals surface area contributed by atoms with Crippen LogP contribution in [0.3, 0.4) is 0 Å². The molecular weight excluding hydrogens is 466 g/mol. The highest BCUT2D eigenvalue weighted by Crippen LogP contribution is 2.48. The number of fused-ring (bicyclic) bond motifs is 1. The average molecular weight is 494 g/mol. The van der Waals surface area contributed by atoms with E-state index in [1.165, 1.54) is 0 Å². The highest BCUT2D eigenvalue weighted by atomic mass is 35.5. The summed E-state index contributed by atoms with van der Waals surface area (Å²) in [7, 11) is 0. The van der Waals surface area contributed by atoms with Crippen molar-refractivity contribution in [3.8, 4) is 11.5 Å². The second kappa shape index (κ2) is 9.50. The number of ether oxygens (including phenoxy) is 3. The van der Waals surface area contributed by atoms with Gasteiger partial charge in [0.1, 0.15) is 5.92 Å². The monoisotopic (exact) mass is 493 g/mol. The molecule has 6 nitrogen and oxygen atoms in total. The minimum Gasteiger partial charge on any atom is -0.462 e. The molecule has 0 amide bonds. The zero-order chi connectivity index (χ0) is 24.7. The molecule has 2 aromatic rings. The Morgan fingerprint density at radius 3 is 2.57 bits per heavy atom. The van der Waals surface area contributed by atoms with Crippen LogP contribution in [0.25, 0.3) is 0 Å². The molecule has 0 saturated heterocycles. The van der Waals surface area contributed by atoms with Gasteiger partial charge in [-0.3, -0.25) is 14.6 Å². The van der Waals surface area contributed by atoms with Crippen LogP contribution in [0, 0.1) is 5.92 Å². The summed E-state index contributed by atoms with van der Waals surface area (Å²) in [6.45, 7) is 5.84. The van der Waals surface area contributed by atoms with E-state index < -0.39 is 11.8 Å². The molecule has 2 heterocycles. The maximum Gasteiger partial charge on any atom is 0.315 e. The first-order valence-corrected chi connectivity index (χ1v) is 12.4. The normalized spacial score (nSPS) is 24.1. The molecule has 0 radical (unpaired) electrons. The first-order valence-electron chi connectivity index (χ1n) is 12.0. The van der Waals surface area contributed by atoms with Gasteiger partial charge in [-0.05, 0) is 68.0 Å². The number of hydrogen-bond acceptors (Lipinski definition) is 6.